The number of aromatic carboxylic acids is 1. The molecule has 1 aromatic carbocycles. The van der Waals surface area contributed by atoms with Gasteiger partial charge >= 0.3 is 5.97 Å². The Labute approximate surface area is 107 Å². The second-order valence-electron chi connectivity index (χ2n) is 4.04. The third-order valence-electron chi connectivity index (χ3n) is 2.49. The summed E-state index contributed by atoms with van der Waals surface area (Å²) in [5.41, 5.74) is 0.748. The van der Waals surface area contributed by atoms with Crippen molar-refractivity contribution in [1.29, 1.82) is 0 Å². The third kappa shape index (κ3) is 3.09. The molecule has 0 aliphatic rings. The highest BCUT2D eigenvalue weighted by molar-refractivity contribution is 5.86. The number of benzene rings is 1. The van der Waals surface area contributed by atoms with E-state index in [1.165, 1.54) is 0 Å². The molecular weight excluding hydrogens is 256 g/mol. The van der Waals surface area contributed by atoms with E-state index in [9.17, 15) is 13.6 Å². The van der Waals surface area contributed by atoms with E-state index in [0.717, 1.165) is 18.2 Å². The van der Waals surface area contributed by atoms with Crippen molar-refractivity contribution in [1.82, 2.24) is 0 Å². The number of nitrogens with one attached hydrogen (secondary N) is 1. The molecule has 1 aromatic heterocycles. The number of hydrogen-bond donors (Lipinski definition) is 2. The molecule has 0 amide bonds. The molecule has 100 valence electrons. The summed E-state index contributed by atoms with van der Waals surface area (Å²) in [5.74, 6) is -2.30. The van der Waals surface area contributed by atoms with Crippen LogP contribution < -0.4 is 5.32 Å². The standard InChI is InChI=1S/C13H11F2NO3/c1-7-2-11(19-12(7)13(17)18)6-16-10-4-8(14)3-9(15)5-10/h2-5,16H,6H2,1H3,(H,17,18). The number of furan rings is 1. The van der Waals surface area contributed by atoms with Gasteiger partial charge < -0.3 is 14.8 Å². The summed E-state index contributed by atoms with van der Waals surface area (Å²) in [4.78, 5) is 10.8. The zero-order chi connectivity index (χ0) is 14.0. The molecule has 19 heavy (non-hydrogen) atoms. The first-order valence-corrected chi connectivity index (χ1v) is 5.48. The maximum absolute atomic E-state index is 12.9. The Morgan fingerprint density at radius 3 is 2.42 bits per heavy atom. The van der Waals surface area contributed by atoms with E-state index in [-0.39, 0.29) is 18.0 Å². The molecule has 6 heteroatoms. The van der Waals surface area contributed by atoms with Crippen LogP contribution in [-0.2, 0) is 6.54 Å². The highest BCUT2D eigenvalue weighted by Gasteiger charge is 2.14. The fourth-order valence-electron chi connectivity index (χ4n) is 1.69. The Bertz CT molecular complexity index is 602. The molecule has 0 bridgehead atoms. The maximum atomic E-state index is 12.9. The lowest BCUT2D eigenvalue weighted by atomic mass is 10.2. The number of carbonyl (C=O) groups is 1. The van der Waals surface area contributed by atoms with Crippen molar-refractivity contribution >= 4 is 11.7 Å². The molecule has 0 spiro atoms. The minimum Gasteiger partial charge on any atom is -0.475 e. The van der Waals surface area contributed by atoms with Crippen LogP contribution in [-0.4, -0.2) is 11.1 Å². The topological polar surface area (TPSA) is 62.5 Å². The van der Waals surface area contributed by atoms with Gasteiger partial charge in [-0.25, -0.2) is 13.6 Å². The summed E-state index contributed by atoms with van der Waals surface area (Å²) in [6, 6.07) is 4.60. The molecule has 0 fully saturated rings. The van der Waals surface area contributed by atoms with Crippen LogP contribution in [0.15, 0.2) is 28.7 Å². The highest BCUT2D eigenvalue weighted by Crippen LogP contribution is 2.17. The number of carboxylic acids is 1. The van der Waals surface area contributed by atoms with E-state index in [2.05, 4.69) is 5.32 Å². The molecule has 0 saturated carbocycles. The van der Waals surface area contributed by atoms with Gasteiger partial charge in [0.2, 0.25) is 5.76 Å². The van der Waals surface area contributed by atoms with Crippen LogP contribution in [0.2, 0.25) is 0 Å². The molecule has 0 saturated heterocycles. The number of rotatable bonds is 4. The van der Waals surface area contributed by atoms with Crippen molar-refractivity contribution in [2.24, 2.45) is 0 Å². The van der Waals surface area contributed by atoms with Crippen molar-refractivity contribution in [3.05, 3.63) is 53.0 Å². The number of hydrogen-bond acceptors (Lipinski definition) is 3. The summed E-state index contributed by atoms with van der Waals surface area (Å²) in [6.07, 6.45) is 0. The monoisotopic (exact) mass is 267 g/mol. The molecule has 0 unspecified atom stereocenters. The number of aryl methyl sites for hydroxylation is 1. The maximum Gasteiger partial charge on any atom is 0.372 e. The lowest BCUT2D eigenvalue weighted by molar-refractivity contribution is 0.0659. The quantitative estimate of drug-likeness (QED) is 0.893. The molecule has 1 heterocycles. The molecular formula is C13H11F2NO3. The summed E-state index contributed by atoms with van der Waals surface area (Å²) in [7, 11) is 0. The Morgan fingerprint density at radius 2 is 1.89 bits per heavy atom. The van der Waals surface area contributed by atoms with Gasteiger partial charge in [0, 0.05) is 17.3 Å². The van der Waals surface area contributed by atoms with Gasteiger partial charge in [0.1, 0.15) is 17.4 Å². The van der Waals surface area contributed by atoms with Gasteiger partial charge in [0.25, 0.3) is 0 Å². The largest absolute Gasteiger partial charge is 0.475 e. The van der Waals surface area contributed by atoms with Crippen LogP contribution in [0.25, 0.3) is 0 Å². The predicted octanol–water partition coefficient (Wildman–Crippen LogP) is 3.18. The van der Waals surface area contributed by atoms with E-state index >= 15 is 0 Å². The van der Waals surface area contributed by atoms with Gasteiger partial charge in [0.05, 0.1) is 6.54 Å². The van der Waals surface area contributed by atoms with Crippen LogP contribution >= 0.6 is 0 Å². The van der Waals surface area contributed by atoms with Crippen molar-refractivity contribution in [3.63, 3.8) is 0 Å². The van der Waals surface area contributed by atoms with Gasteiger partial charge in [-0.05, 0) is 25.1 Å². The summed E-state index contributed by atoms with van der Waals surface area (Å²) < 4.78 is 31.0. The van der Waals surface area contributed by atoms with Crippen molar-refractivity contribution in [3.8, 4) is 0 Å². The van der Waals surface area contributed by atoms with Gasteiger partial charge in [-0.3, -0.25) is 0 Å². The Kier molecular flexibility index (Phi) is 3.50. The van der Waals surface area contributed by atoms with Crippen LogP contribution in [0, 0.1) is 18.6 Å². The summed E-state index contributed by atoms with van der Waals surface area (Å²) in [6.45, 7) is 1.75. The van der Waals surface area contributed by atoms with Crippen LogP contribution in [0.4, 0.5) is 14.5 Å². The molecule has 2 N–H and O–H groups in total. The molecule has 2 aromatic rings. The molecule has 0 radical (unpaired) electrons. The number of anilines is 1. The summed E-state index contributed by atoms with van der Waals surface area (Å²) in [5, 5.41) is 11.6. The van der Waals surface area contributed by atoms with Crippen LogP contribution in [0.5, 0.6) is 0 Å². The number of carboxylic acid groups (broad SMARTS) is 1. The Hall–Kier alpha value is -2.37. The fraction of sp³-hybridized carbons (Fsp3) is 0.154. The molecule has 0 atom stereocenters. The minimum absolute atomic E-state index is 0.136. The fourth-order valence-corrected chi connectivity index (χ4v) is 1.69. The molecule has 0 aliphatic heterocycles. The van der Waals surface area contributed by atoms with Crippen molar-refractivity contribution in [2.75, 3.05) is 5.32 Å². The van der Waals surface area contributed by atoms with Gasteiger partial charge in [-0.1, -0.05) is 0 Å². The zero-order valence-electron chi connectivity index (χ0n) is 10.0. The molecule has 4 nitrogen and oxygen atoms in total. The van der Waals surface area contributed by atoms with E-state index in [0.29, 0.717) is 11.3 Å². The SMILES string of the molecule is Cc1cc(CNc2cc(F)cc(F)c2)oc1C(=O)O. The lowest BCUT2D eigenvalue weighted by Gasteiger charge is -2.04. The van der Waals surface area contributed by atoms with E-state index in [1.807, 2.05) is 0 Å². The van der Waals surface area contributed by atoms with Crippen molar-refractivity contribution in [2.45, 2.75) is 13.5 Å². The van der Waals surface area contributed by atoms with Gasteiger partial charge in [0.15, 0.2) is 0 Å². The van der Waals surface area contributed by atoms with Gasteiger partial charge in [-0.2, -0.15) is 0 Å². The first-order chi connectivity index (χ1) is 8.95. The van der Waals surface area contributed by atoms with E-state index in [1.54, 1.807) is 13.0 Å². The normalized spacial score (nSPS) is 10.5. The average molecular weight is 267 g/mol. The number of halogens is 2. The van der Waals surface area contributed by atoms with Gasteiger partial charge in [-0.15, -0.1) is 0 Å². The van der Waals surface area contributed by atoms with E-state index in [4.69, 9.17) is 9.52 Å². The lowest BCUT2D eigenvalue weighted by Crippen LogP contribution is -1.99. The molecule has 2 rings (SSSR count). The Balaban J connectivity index is 2.10. The second-order valence-corrected chi connectivity index (χ2v) is 4.04. The average Bonchev–Trinajstić information content (AvgIpc) is 2.67. The third-order valence-corrected chi connectivity index (χ3v) is 2.49. The minimum atomic E-state index is -1.15. The highest BCUT2D eigenvalue weighted by atomic mass is 19.1. The van der Waals surface area contributed by atoms with Crippen LogP contribution in [0.1, 0.15) is 21.9 Å². The van der Waals surface area contributed by atoms with E-state index < -0.39 is 17.6 Å². The first-order valence-electron chi connectivity index (χ1n) is 5.48. The molecule has 0 aliphatic carbocycles. The second kappa shape index (κ2) is 5.09. The Morgan fingerprint density at radius 1 is 1.26 bits per heavy atom. The van der Waals surface area contributed by atoms with Crippen molar-refractivity contribution < 1.29 is 23.1 Å². The van der Waals surface area contributed by atoms with Crippen LogP contribution in [0.3, 0.4) is 0 Å². The predicted molar refractivity (Wildman–Crippen MR) is 64.1 cm³/mol. The zero-order valence-corrected chi connectivity index (χ0v) is 10.0. The smallest absolute Gasteiger partial charge is 0.372 e. The summed E-state index contributed by atoms with van der Waals surface area (Å²) >= 11 is 0. The first kappa shape index (κ1) is 13.1.